The maximum absolute atomic E-state index is 13.3. The zero-order valence-electron chi connectivity index (χ0n) is 15.1. The number of piperidine rings is 1. The molecule has 0 atom stereocenters. The topological polar surface area (TPSA) is 69.6 Å². The summed E-state index contributed by atoms with van der Waals surface area (Å²) in [5.41, 5.74) is 1.95. The van der Waals surface area contributed by atoms with Gasteiger partial charge in [-0.1, -0.05) is 24.3 Å². The summed E-state index contributed by atoms with van der Waals surface area (Å²) >= 11 is 0. The van der Waals surface area contributed by atoms with Crippen LogP contribution in [0.5, 0.6) is 5.75 Å². The number of nitrogens with zero attached hydrogens (tertiary/aromatic N) is 1. The minimum Gasteiger partial charge on any atom is -0.508 e. The first kappa shape index (κ1) is 18.9. The number of sulfonamides is 1. The Morgan fingerprint density at radius 2 is 1.81 bits per heavy atom. The van der Waals surface area contributed by atoms with Crippen LogP contribution in [0, 0.1) is 6.92 Å². The molecule has 1 heterocycles. The molecule has 1 aliphatic rings. The summed E-state index contributed by atoms with van der Waals surface area (Å²) in [7, 11) is -3.55. The van der Waals surface area contributed by atoms with Gasteiger partial charge in [0, 0.05) is 12.6 Å². The van der Waals surface area contributed by atoms with Crippen LogP contribution in [0.2, 0.25) is 0 Å². The molecule has 1 saturated heterocycles. The summed E-state index contributed by atoms with van der Waals surface area (Å²) in [6.07, 6.45) is 2.26. The van der Waals surface area contributed by atoms with E-state index in [0.29, 0.717) is 17.9 Å². The lowest BCUT2D eigenvalue weighted by atomic mass is 10.1. The molecule has 0 aromatic heterocycles. The molecule has 5 nitrogen and oxygen atoms in total. The van der Waals surface area contributed by atoms with Gasteiger partial charge in [0.25, 0.3) is 0 Å². The highest BCUT2D eigenvalue weighted by Gasteiger charge is 2.32. The zero-order chi connectivity index (χ0) is 18.6. The summed E-state index contributed by atoms with van der Waals surface area (Å²) in [5.74, 6) is 0.219. The number of nitrogens with one attached hydrogen (secondary N) is 1. The number of aryl methyl sites for hydroxylation is 1. The number of phenolic OH excluding ortho intramolecular Hbond substituents is 1. The summed E-state index contributed by atoms with van der Waals surface area (Å²) in [5, 5.41) is 12.7. The van der Waals surface area contributed by atoms with Crippen LogP contribution in [0.15, 0.2) is 53.4 Å². The van der Waals surface area contributed by atoms with E-state index in [2.05, 4.69) is 5.32 Å². The minimum absolute atomic E-state index is 0.0128. The molecule has 26 heavy (non-hydrogen) atoms. The lowest BCUT2D eigenvalue weighted by Crippen LogP contribution is -2.46. The monoisotopic (exact) mass is 374 g/mol. The van der Waals surface area contributed by atoms with Crippen LogP contribution in [-0.2, 0) is 16.4 Å². The Labute approximate surface area is 155 Å². The summed E-state index contributed by atoms with van der Waals surface area (Å²) in [6.45, 7) is 4.02. The van der Waals surface area contributed by atoms with E-state index in [0.717, 1.165) is 37.1 Å². The second kappa shape index (κ2) is 8.20. The van der Waals surface area contributed by atoms with E-state index in [4.69, 9.17) is 0 Å². The fourth-order valence-electron chi connectivity index (χ4n) is 3.41. The highest BCUT2D eigenvalue weighted by molar-refractivity contribution is 7.89. The van der Waals surface area contributed by atoms with Crippen molar-refractivity contribution in [1.29, 1.82) is 0 Å². The highest BCUT2D eigenvalue weighted by Crippen LogP contribution is 2.24. The van der Waals surface area contributed by atoms with E-state index < -0.39 is 10.0 Å². The minimum atomic E-state index is -3.55. The van der Waals surface area contributed by atoms with E-state index in [9.17, 15) is 13.5 Å². The van der Waals surface area contributed by atoms with Crippen molar-refractivity contribution < 1.29 is 13.5 Å². The smallest absolute Gasteiger partial charge is 0.243 e. The highest BCUT2D eigenvalue weighted by atomic mass is 32.2. The zero-order valence-corrected chi connectivity index (χ0v) is 15.9. The number of rotatable bonds is 6. The van der Waals surface area contributed by atoms with Crippen molar-refractivity contribution in [3.8, 4) is 5.75 Å². The molecule has 0 aliphatic carbocycles. The molecular formula is C20H26N2O3S. The number of hydrogen-bond acceptors (Lipinski definition) is 4. The first-order chi connectivity index (χ1) is 12.5. The number of phenols is 1. The summed E-state index contributed by atoms with van der Waals surface area (Å²) in [4.78, 5) is 0.363. The molecule has 6 heteroatoms. The molecule has 1 fully saturated rings. The van der Waals surface area contributed by atoms with E-state index >= 15 is 0 Å². The predicted octanol–water partition coefficient (Wildman–Crippen LogP) is 2.69. The fourth-order valence-corrected chi connectivity index (χ4v) is 5.20. The molecule has 1 aliphatic heterocycles. The van der Waals surface area contributed by atoms with Crippen LogP contribution in [-0.4, -0.2) is 43.5 Å². The Kier molecular flexibility index (Phi) is 5.96. The van der Waals surface area contributed by atoms with E-state index in [-0.39, 0.29) is 11.8 Å². The van der Waals surface area contributed by atoms with Crippen molar-refractivity contribution in [2.24, 2.45) is 0 Å². The molecular weight excluding hydrogens is 348 g/mol. The number of aromatic hydroxyl groups is 1. The maximum Gasteiger partial charge on any atom is 0.243 e. The third-order valence-corrected chi connectivity index (χ3v) is 6.82. The standard InChI is InChI=1S/C20H26N2O3S/c1-16-3-2-4-20(15-16)26(24,25)22(18-9-12-21-13-10-18)14-11-17-5-7-19(23)8-6-17/h2-8,15,18,21,23H,9-14H2,1H3. The van der Waals surface area contributed by atoms with E-state index in [1.54, 1.807) is 34.6 Å². The van der Waals surface area contributed by atoms with Gasteiger partial charge in [-0.25, -0.2) is 8.42 Å². The lowest BCUT2D eigenvalue weighted by Gasteiger charge is -2.34. The molecule has 0 saturated carbocycles. The molecule has 2 aromatic rings. The predicted molar refractivity (Wildman–Crippen MR) is 103 cm³/mol. The van der Waals surface area contributed by atoms with Crippen molar-refractivity contribution in [3.63, 3.8) is 0 Å². The Hall–Kier alpha value is -1.89. The van der Waals surface area contributed by atoms with Crippen LogP contribution in [0.4, 0.5) is 0 Å². The third-order valence-electron chi connectivity index (χ3n) is 4.87. The second-order valence-corrected chi connectivity index (χ2v) is 8.72. The van der Waals surface area contributed by atoms with Crippen LogP contribution in [0.3, 0.4) is 0 Å². The number of benzene rings is 2. The number of hydrogen-bond donors (Lipinski definition) is 2. The van der Waals surface area contributed by atoms with Gasteiger partial charge >= 0.3 is 0 Å². The van der Waals surface area contributed by atoms with E-state index in [1.807, 2.05) is 25.1 Å². The van der Waals surface area contributed by atoms with Gasteiger partial charge in [0.1, 0.15) is 5.75 Å². The maximum atomic E-state index is 13.3. The Balaban J connectivity index is 1.85. The molecule has 0 bridgehead atoms. The normalized spacial score (nSPS) is 16.1. The molecule has 0 unspecified atom stereocenters. The van der Waals surface area contributed by atoms with Crippen molar-refractivity contribution in [2.45, 2.75) is 37.1 Å². The first-order valence-corrected chi connectivity index (χ1v) is 10.5. The lowest BCUT2D eigenvalue weighted by molar-refractivity contribution is 0.264. The van der Waals surface area contributed by atoms with Gasteiger partial charge in [-0.15, -0.1) is 0 Å². The fraction of sp³-hybridized carbons (Fsp3) is 0.400. The molecule has 0 amide bonds. The molecule has 2 aromatic carbocycles. The summed E-state index contributed by atoms with van der Waals surface area (Å²) in [6, 6.07) is 14.1. The first-order valence-electron chi connectivity index (χ1n) is 9.04. The Morgan fingerprint density at radius 1 is 1.12 bits per heavy atom. The quantitative estimate of drug-likeness (QED) is 0.816. The van der Waals surface area contributed by atoms with E-state index in [1.165, 1.54) is 0 Å². The average molecular weight is 375 g/mol. The Bertz CT molecular complexity index is 828. The molecule has 140 valence electrons. The van der Waals surface area contributed by atoms with Crippen LogP contribution < -0.4 is 5.32 Å². The second-order valence-electron chi connectivity index (χ2n) is 6.83. The Morgan fingerprint density at radius 3 is 2.46 bits per heavy atom. The molecule has 2 N–H and O–H groups in total. The van der Waals surface area contributed by atoms with Crippen molar-refractivity contribution in [2.75, 3.05) is 19.6 Å². The van der Waals surface area contributed by atoms with Crippen LogP contribution in [0.1, 0.15) is 24.0 Å². The van der Waals surface area contributed by atoms with Gasteiger partial charge in [0.2, 0.25) is 10.0 Å². The van der Waals surface area contributed by atoms with Crippen molar-refractivity contribution >= 4 is 10.0 Å². The van der Waals surface area contributed by atoms with Crippen LogP contribution >= 0.6 is 0 Å². The van der Waals surface area contributed by atoms with Gasteiger partial charge in [-0.05, 0) is 74.7 Å². The van der Waals surface area contributed by atoms with Crippen LogP contribution in [0.25, 0.3) is 0 Å². The third kappa shape index (κ3) is 4.44. The van der Waals surface area contributed by atoms with Gasteiger partial charge < -0.3 is 10.4 Å². The molecule has 3 rings (SSSR count). The van der Waals surface area contributed by atoms with Gasteiger partial charge in [0.15, 0.2) is 0 Å². The van der Waals surface area contributed by atoms with Gasteiger partial charge in [0.05, 0.1) is 4.90 Å². The SMILES string of the molecule is Cc1cccc(S(=O)(=O)N(CCc2ccc(O)cc2)C2CCNCC2)c1. The average Bonchev–Trinajstić information content (AvgIpc) is 2.64. The van der Waals surface area contributed by atoms with Crippen molar-refractivity contribution in [3.05, 3.63) is 59.7 Å². The summed E-state index contributed by atoms with van der Waals surface area (Å²) < 4.78 is 28.3. The van der Waals surface area contributed by atoms with Gasteiger partial charge in [-0.2, -0.15) is 4.31 Å². The molecule has 0 spiro atoms. The van der Waals surface area contributed by atoms with Crippen molar-refractivity contribution in [1.82, 2.24) is 9.62 Å². The largest absolute Gasteiger partial charge is 0.508 e. The van der Waals surface area contributed by atoms with Gasteiger partial charge in [-0.3, -0.25) is 0 Å². The molecule has 0 radical (unpaired) electrons.